The highest BCUT2D eigenvalue weighted by atomic mass is 127. The lowest BCUT2D eigenvalue weighted by atomic mass is 10.1. The summed E-state index contributed by atoms with van der Waals surface area (Å²) in [5, 5.41) is 0.0660. The van der Waals surface area contributed by atoms with Crippen LogP contribution in [-0.2, 0) is 30.0 Å². The van der Waals surface area contributed by atoms with Crippen molar-refractivity contribution in [2.45, 2.75) is 101 Å². The molecule has 0 unspecified atom stereocenters. The average Bonchev–Trinajstić information content (AvgIpc) is 2.89. The molecule has 1 aromatic carbocycles. The fraction of sp³-hybridized carbons (Fsp3) is 0.680. The fourth-order valence-corrected chi connectivity index (χ4v) is 5.81. The Kier molecular flexibility index (Phi) is 9.20. The molecule has 1 aliphatic heterocycles. The van der Waals surface area contributed by atoms with Gasteiger partial charge in [-0.2, -0.15) is 0 Å². The van der Waals surface area contributed by atoms with Gasteiger partial charge in [0.15, 0.2) is 8.32 Å². The molecule has 1 aromatic rings. The van der Waals surface area contributed by atoms with Crippen LogP contribution in [0, 0.1) is 0 Å². The van der Waals surface area contributed by atoms with Gasteiger partial charge in [-0.05, 0) is 44.5 Å². The number of rotatable bonds is 7. The normalized spacial score (nSPS) is 24.5. The number of carbonyl (C=O) groups is 2. The second kappa shape index (κ2) is 10.7. The molecule has 1 aliphatic rings. The zero-order valence-electron chi connectivity index (χ0n) is 21.5. The van der Waals surface area contributed by atoms with E-state index in [0.29, 0.717) is 13.2 Å². The minimum absolute atomic E-state index is 0.0660. The zero-order valence-corrected chi connectivity index (χ0v) is 24.6. The Morgan fingerprint density at radius 3 is 2.12 bits per heavy atom. The SMILES string of the molecule is CC(=O)O[C@H]1[C@H](I)[C@@H](CO[Si](C)(C)C(C)(C)C)N(Cc2ccccc2)[C@@H]1C(=O)OC(C)(C)C. The quantitative estimate of drug-likeness (QED) is 0.185. The average molecular weight is 590 g/mol. The van der Waals surface area contributed by atoms with Crippen LogP contribution in [0.2, 0.25) is 18.1 Å². The first-order valence-corrected chi connectivity index (χ1v) is 15.7. The summed E-state index contributed by atoms with van der Waals surface area (Å²) in [7, 11) is -2.02. The number of hydrogen-bond donors (Lipinski definition) is 0. The van der Waals surface area contributed by atoms with E-state index in [1.54, 1.807) is 0 Å². The summed E-state index contributed by atoms with van der Waals surface area (Å²) in [4.78, 5) is 27.5. The molecule has 1 fully saturated rings. The number of alkyl halides is 1. The van der Waals surface area contributed by atoms with E-state index >= 15 is 0 Å². The van der Waals surface area contributed by atoms with Gasteiger partial charge >= 0.3 is 11.9 Å². The molecule has 8 heteroatoms. The van der Waals surface area contributed by atoms with E-state index in [0.717, 1.165) is 5.56 Å². The van der Waals surface area contributed by atoms with Gasteiger partial charge in [0.05, 0.1) is 10.5 Å². The van der Waals surface area contributed by atoms with E-state index < -0.39 is 32.0 Å². The molecule has 0 radical (unpaired) electrons. The van der Waals surface area contributed by atoms with E-state index in [4.69, 9.17) is 13.9 Å². The number of hydrogen-bond acceptors (Lipinski definition) is 6. The third-order valence-corrected chi connectivity index (χ3v) is 12.4. The summed E-state index contributed by atoms with van der Waals surface area (Å²) >= 11 is 2.31. The molecule has 33 heavy (non-hydrogen) atoms. The third-order valence-electron chi connectivity index (χ3n) is 6.36. The van der Waals surface area contributed by atoms with Crippen molar-refractivity contribution in [2.75, 3.05) is 6.61 Å². The lowest BCUT2D eigenvalue weighted by Crippen LogP contribution is -2.49. The minimum atomic E-state index is -2.02. The number of benzene rings is 1. The summed E-state index contributed by atoms with van der Waals surface area (Å²) in [5.74, 6) is -0.776. The molecule has 0 aliphatic carbocycles. The van der Waals surface area contributed by atoms with Crippen molar-refractivity contribution in [1.29, 1.82) is 0 Å². The van der Waals surface area contributed by atoms with Crippen LogP contribution in [0.3, 0.4) is 0 Å². The smallest absolute Gasteiger partial charge is 0.327 e. The van der Waals surface area contributed by atoms with E-state index in [9.17, 15) is 9.59 Å². The number of halogens is 1. The molecule has 6 nitrogen and oxygen atoms in total. The maximum atomic E-state index is 13.4. The summed E-state index contributed by atoms with van der Waals surface area (Å²) in [6.45, 7) is 19.0. The van der Waals surface area contributed by atoms with Crippen LogP contribution in [0.5, 0.6) is 0 Å². The van der Waals surface area contributed by atoms with E-state index in [1.165, 1.54) is 6.92 Å². The van der Waals surface area contributed by atoms with Gasteiger partial charge in [-0.1, -0.05) is 73.7 Å². The van der Waals surface area contributed by atoms with Gasteiger partial charge in [0.1, 0.15) is 17.7 Å². The molecule has 0 saturated carbocycles. The number of carbonyl (C=O) groups excluding carboxylic acids is 2. The topological polar surface area (TPSA) is 65.1 Å². The monoisotopic (exact) mass is 589 g/mol. The molecule has 186 valence electrons. The lowest BCUT2D eigenvalue weighted by molar-refractivity contribution is -0.167. The number of likely N-dealkylation sites (tertiary alicyclic amines) is 1. The van der Waals surface area contributed by atoms with Gasteiger partial charge in [0.25, 0.3) is 0 Å². The van der Waals surface area contributed by atoms with Crippen LogP contribution in [0.15, 0.2) is 30.3 Å². The van der Waals surface area contributed by atoms with Crippen molar-refractivity contribution in [3.8, 4) is 0 Å². The van der Waals surface area contributed by atoms with Crippen molar-refractivity contribution in [2.24, 2.45) is 0 Å². The molecule has 0 amide bonds. The largest absolute Gasteiger partial charge is 0.459 e. The van der Waals surface area contributed by atoms with Gasteiger partial charge < -0.3 is 13.9 Å². The molecule has 1 saturated heterocycles. The first-order chi connectivity index (χ1) is 15.0. The Morgan fingerprint density at radius 1 is 1.06 bits per heavy atom. The van der Waals surface area contributed by atoms with Crippen molar-refractivity contribution >= 4 is 42.8 Å². The van der Waals surface area contributed by atoms with Crippen LogP contribution < -0.4 is 0 Å². The Balaban J connectivity index is 2.45. The summed E-state index contributed by atoms with van der Waals surface area (Å²) in [6, 6.07) is 9.21. The number of esters is 2. The minimum Gasteiger partial charge on any atom is -0.459 e. The predicted octanol–water partition coefficient (Wildman–Crippen LogP) is 5.34. The summed E-state index contributed by atoms with van der Waals surface area (Å²) < 4.78 is 18.0. The fourth-order valence-electron chi connectivity index (χ4n) is 3.63. The molecule has 0 aromatic heterocycles. The Hall–Kier alpha value is -0.973. The van der Waals surface area contributed by atoms with Crippen LogP contribution >= 0.6 is 22.6 Å². The first-order valence-electron chi connectivity index (χ1n) is 11.5. The van der Waals surface area contributed by atoms with Gasteiger partial charge in [-0.15, -0.1) is 0 Å². The highest BCUT2D eigenvalue weighted by molar-refractivity contribution is 14.1. The first kappa shape index (κ1) is 28.3. The van der Waals surface area contributed by atoms with Crippen molar-refractivity contribution in [1.82, 2.24) is 4.90 Å². The van der Waals surface area contributed by atoms with Gasteiger partial charge in [-0.25, -0.2) is 0 Å². The maximum Gasteiger partial charge on any atom is 0.327 e. The second-order valence-corrected chi connectivity index (χ2v) is 17.5. The number of nitrogens with zero attached hydrogens (tertiary/aromatic N) is 1. The molecule has 2 rings (SSSR count). The van der Waals surface area contributed by atoms with Crippen LogP contribution in [0.25, 0.3) is 0 Å². The molecular weight excluding hydrogens is 549 g/mol. The van der Waals surface area contributed by atoms with E-state index in [2.05, 4.69) is 61.4 Å². The Bertz CT molecular complexity index is 818. The van der Waals surface area contributed by atoms with Gasteiger partial charge in [0.2, 0.25) is 0 Å². The second-order valence-electron chi connectivity index (χ2n) is 11.3. The van der Waals surface area contributed by atoms with Crippen LogP contribution in [0.1, 0.15) is 54.0 Å². The van der Waals surface area contributed by atoms with Crippen molar-refractivity contribution in [3.63, 3.8) is 0 Å². The van der Waals surface area contributed by atoms with Gasteiger partial charge in [0, 0.05) is 19.5 Å². The molecule has 1 heterocycles. The zero-order chi connectivity index (χ0) is 25.2. The standard InChI is InChI=1S/C25H40INO5Si/c1-17(28)31-22-20(26)19(16-30-33(8,9)25(5,6)7)27(15-18-13-11-10-12-14-18)21(22)23(29)32-24(2,3)4/h10-14,19-22H,15-16H2,1-9H3/t19-,20-,21+,22+/m1/s1. The molecule has 0 bridgehead atoms. The molecule has 0 spiro atoms. The predicted molar refractivity (Wildman–Crippen MR) is 142 cm³/mol. The van der Waals surface area contributed by atoms with E-state index in [1.807, 2.05) is 51.1 Å². The Labute approximate surface area is 214 Å². The van der Waals surface area contributed by atoms with Crippen LogP contribution in [0.4, 0.5) is 0 Å². The molecule has 0 N–H and O–H groups in total. The third kappa shape index (κ3) is 7.50. The number of ether oxygens (including phenoxy) is 2. The molecular formula is C25H40INO5Si. The van der Waals surface area contributed by atoms with Crippen molar-refractivity contribution in [3.05, 3.63) is 35.9 Å². The molecule has 4 atom stereocenters. The summed E-state index contributed by atoms with van der Waals surface area (Å²) in [5.41, 5.74) is 0.433. The van der Waals surface area contributed by atoms with E-state index in [-0.39, 0.29) is 21.0 Å². The maximum absolute atomic E-state index is 13.4. The van der Waals surface area contributed by atoms with Gasteiger partial charge in [-0.3, -0.25) is 14.5 Å². The highest BCUT2D eigenvalue weighted by Crippen LogP contribution is 2.40. The van der Waals surface area contributed by atoms with Crippen LogP contribution in [-0.4, -0.2) is 59.5 Å². The van der Waals surface area contributed by atoms with Crippen molar-refractivity contribution < 1.29 is 23.5 Å². The summed E-state index contributed by atoms with van der Waals surface area (Å²) in [6.07, 6.45) is -0.616. The Morgan fingerprint density at radius 2 is 1.64 bits per heavy atom. The highest BCUT2D eigenvalue weighted by Gasteiger charge is 2.55. The lowest BCUT2D eigenvalue weighted by Gasteiger charge is -2.38.